The van der Waals surface area contributed by atoms with Crippen LogP contribution in [0.1, 0.15) is 39.3 Å². The zero-order chi connectivity index (χ0) is 15.0. The van der Waals surface area contributed by atoms with Gasteiger partial charge in [-0.15, -0.1) is 0 Å². The Morgan fingerprint density at radius 3 is 2.50 bits per heavy atom. The zero-order valence-corrected chi connectivity index (χ0v) is 12.8. The third-order valence-electron chi connectivity index (χ3n) is 3.05. The highest BCUT2D eigenvalue weighted by molar-refractivity contribution is 5.29. The highest BCUT2D eigenvalue weighted by Crippen LogP contribution is 2.18. The SMILES string of the molecule is CCOC(C)(C)CNC(C)c1ccc(OCC#N)cc1. The van der Waals surface area contributed by atoms with Gasteiger partial charge in [0, 0.05) is 19.2 Å². The average Bonchev–Trinajstić information content (AvgIpc) is 2.43. The molecule has 110 valence electrons. The van der Waals surface area contributed by atoms with Gasteiger partial charge in [-0.2, -0.15) is 5.26 Å². The number of rotatable bonds is 8. The minimum Gasteiger partial charge on any atom is -0.479 e. The number of nitrogens with zero attached hydrogens (tertiary/aromatic N) is 1. The van der Waals surface area contributed by atoms with E-state index in [0.717, 1.165) is 12.3 Å². The van der Waals surface area contributed by atoms with Crippen molar-refractivity contribution >= 4 is 0 Å². The first-order valence-electron chi connectivity index (χ1n) is 6.95. The van der Waals surface area contributed by atoms with Gasteiger partial charge in [0.05, 0.1) is 5.60 Å². The summed E-state index contributed by atoms with van der Waals surface area (Å²) in [6.45, 7) is 9.86. The van der Waals surface area contributed by atoms with E-state index in [0.29, 0.717) is 6.61 Å². The van der Waals surface area contributed by atoms with E-state index in [9.17, 15) is 0 Å². The van der Waals surface area contributed by atoms with E-state index in [2.05, 4.69) is 26.1 Å². The molecule has 4 nitrogen and oxygen atoms in total. The fraction of sp³-hybridized carbons (Fsp3) is 0.562. The summed E-state index contributed by atoms with van der Waals surface area (Å²) in [6.07, 6.45) is 0. The maximum atomic E-state index is 8.46. The van der Waals surface area contributed by atoms with E-state index in [1.54, 1.807) is 0 Å². The van der Waals surface area contributed by atoms with Crippen LogP contribution in [0.3, 0.4) is 0 Å². The van der Waals surface area contributed by atoms with Gasteiger partial charge in [0.1, 0.15) is 11.8 Å². The Morgan fingerprint density at radius 1 is 1.30 bits per heavy atom. The van der Waals surface area contributed by atoms with E-state index in [4.69, 9.17) is 14.7 Å². The Kier molecular flexibility index (Phi) is 6.50. The molecule has 0 amide bonds. The van der Waals surface area contributed by atoms with Crippen LogP contribution < -0.4 is 10.1 Å². The van der Waals surface area contributed by atoms with Gasteiger partial charge in [-0.1, -0.05) is 12.1 Å². The summed E-state index contributed by atoms with van der Waals surface area (Å²) in [4.78, 5) is 0. The highest BCUT2D eigenvalue weighted by atomic mass is 16.5. The van der Waals surface area contributed by atoms with Crippen molar-refractivity contribution in [3.8, 4) is 11.8 Å². The molecule has 0 aliphatic heterocycles. The zero-order valence-electron chi connectivity index (χ0n) is 12.8. The monoisotopic (exact) mass is 276 g/mol. The molecule has 0 aliphatic carbocycles. The van der Waals surface area contributed by atoms with Gasteiger partial charge in [-0.25, -0.2) is 0 Å². The summed E-state index contributed by atoms with van der Waals surface area (Å²) in [5, 5.41) is 11.9. The molecular formula is C16H24N2O2. The molecule has 0 radical (unpaired) electrons. The van der Waals surface area contributed by atoms with Gasteiger partial charge in [0.2, 0.25) is 0 Å². The summed E-state index contributed by atoms with van der Waals surface area (Å²) >= 11 is 0. The summed E-state index contributed by atoms with van der Waals surface area (Å²) < 4.78 is 10.9. The third kappa shape index (κ3) is 5.60. The van der Waals surface area contributed by atoms with Crippen molar-refractivity contribution in [2.24, 2.45) is 0 Å². The molecule has 1 aromatic carbocycles. The summed E-state index contributed by atoms with van der Waals surface area (Å²) in [6, 6.07) is 9.99. The standard InChI is InChI=1S/C16H24N2O2/c1-5-20-16(3,4)12-18-13(2)14-6-8-15(9-7-14)19-11-10-17/h6-9,13,18H,5,11-12H2,1-4H3. The van der Waals surface area contributed by atoms with Gasteiger partial charge in [-0.3, -0.25) is 0 Å². The number of benzene rings is 1. The number of ether oxygens (including phenoxy) is 2. The molecule has 1 aromatic rings. The molecule has 0 bridgehead atoms. The summed E-state index contributed by atoms with van der Waals surface area (Å²) in [7, 11) is 0. The van der Waals surface area contributed by atoms with Crippen LogP contribution in [0.4, 0.5) is 0 Å². The first-order chi connectivity index (χ1) is 9.48. The van der Waals surface area contributed by atoms with E-state index >= 15 is 0 Å². The Labute approximate surface area is 121 Å². The molecule has 0 aliphatic rings. The fourth-order valence-corrected chi connectivity index (χ4v) is 1.93. The fourth-order valence-electron chi connectivity index (χ4n) is 1.93. The second kappa shape index (κ2) is 7.88. The molecule has 0 heterocycles. The number of nitrogens with one attached hydrogen (secondary N) is 1. The Bertz CT molecular complexity index is 435. The van der Waals surface area contributed by atoms with Crippen molar-refractivity contribution in [1.29, 1.82) is 5.26 Å². The lowest BCUT2D eigenvalue weighted by atomic mass is 10.1. The minimum absolute atomic E-state index is 0.0791. The van der Waals surface area contributed by atoms with Crippen molar-refractivity contribution in [1.82, 2.24) is 5.32 Å². The number of hydrogen-bond acceptors (Lipinski definition) is 4. The maximum Gasteiger partial charge on any atom is 0.174 e. The van der Waals surface area contributed by atoms with Crippen LogP contribution >= 0.6 is 0 Å². The molecular weight excluding hydrogens is 252 g/mol. The van der Waals surface area contributed by atoms with E-state index < -0.39 is 0 Å². The smallest absolute Gasteiger partial charge is 0.174 e. The van der Waals surface area contributed by atoms with Crippen LogP contribution in [0.15, 0.2) is 24.3 Å². The van der Waals surface area contributed by atoms with E-state index in [1.807, 2.05) is 37.3 Å². The van der Waals surface area contributed by atoms with Gasteiger partial charge in [0.15, 0.2) is 6.61 Å². The van der Waals surface area contributed by atoms with Crippen LogP contribution in [0.25, 0.3) is 0 Å². The highest BCUT2D eigenvalue weighted by Gasteiger charge is 2.18. The molecule has 0 saturated carbocycles. The maximum absolute atomic E-state index is 8.46. The molecule has 1 atom stereocenters. The van der Waals surface area contributed by atoms with Crippen molar-refractivity contribution in [3.05, 3.63) is 29.8 Å². The first kappa shape index (κ1) is 16.5. The van der Waals surface area contributed by atoms with Crippen LogP contribution in [0.5, 0.6) is 5.75 Å². The minimum atomic E-state index is -0.168. The summed E-state index contributed by atoms with van der Waals surface area (Å²) in [5.74, 6) is 0.720. The lowest BCUT2D eigenvalue weighted by Crippen LogP contribution is -2.38. The number of nitriles is 1. The molecule has 20 heavy (non-hydrogen) atoms. The van der Waals surface area contributed by atoms with Crippen molar-refractivity contribution in [2.75, 3.05) is 19.8 Å². The molecule has 0 fully saturated rings. The van der Waals surface area contributed by atoms with Gasteiger partial charge >= 0.3 is 0 Å². The van der Waals surface area contributed by atoms with Gasteiger partial charge in [0.25, 0.3) is 0 Å². The van der Waals surface area contributed by atoms with E-state index in [-0.39, 0.29) is 18.2 Å². The lowest BCUT2D eigenvalue weighted by molar-refractivity contribution is -0.0103. The van der Waals surface area contributed by atoms with Gasteiger partial charge in [-0.05, 0) is 45.4 Å². The summed E-state index contributed by atoms with van der Waals surface area (Å²) in [5.41, 5.74) is 1.01. The first-order valence-corrected chi connectivity index (χ1v) is 6.95. The quantitative estimate of drug-likeness (QED) is 0.793. The lowest BCUT2D eigenvalue weighted by Gasteiger charge is -2.27. The van der Waals surface area contributed by atoms with Crippen molar-refractivity contribution in [3.63, 3.8) is 0 Å². The van der Waals surface area contributed by atoms with E-state index in [1.165, 1.54) is 5.56 Å². The molecule has 1 rings (SSSR count). The van der Waals surface area contributed by atoms with Crippen molar-refractivity contribution in [2.45, 2.75) is 39.3 Å². The predicted molar refractivity (Wildman–Crippen MR) is 79.7 cm³/mol. The molecule has 0 saturated heterocycles. The molecule has 4 heteroatoms. The second-order valence-corrected chi connectivity index (χ2v) is 5.31. The van der Waals surface area contributed by atoms with Gasteiger partial charge < -0.3 is 14.8 Å². The molecule has 1 unspecified atom stereocenters. The van der Waals surface area contributed by atoms with Crippen LogP contribution in [-0.4, -0.2) is 25.4 Å². The Hall–Kier alpha value is -1.57. The van der Waals surface area contributed by atoms with Crippen LogP contribution in [0, 0.1) is 11.3 Å². The Balaban J connectivity index is 2.51. The second-order valence-electron chi connectivity index (χ2n) is 5.31. The van der Waals surface area contributed by atoms with Crippen molar-refractivity contribution < 1.29 is 9.47 Å². The normalized spacial score (nSPS) is 12.8. The average molecular weight is 276 g/mol. The molecule has 0 aromatic heterocycles. The van der Waals surface area contributed by atoms with Crippen LogP contribution in [0.2, 0.25) is 0 Å². The largest absolute Gasteiger partial charge is 0.479 e. The Morgan fingerprint density at radius 2 is 1.95 bits per heavy atom. The third-order valence-corrected chi connectivity index (χ3v) is 3.05. The molecule has 0 spiro atoms. The number of hydrogen-bond donors (Lipinski definition) is 1. The van der Waals surface area contributed by atoms with Crippen LogP contribution in [-0.2, 0) is 4.74 Å². The topological polar surface area (TPSA) is 54.3 Å². The molecule has 1 N–H and O–H groups in total. The predicted octanol–water partition coefficient (Wildman–Crippen LogP) is 3.05.